The second-order valence-electron chi connectivity index (χ2n) is 9.75. The molecular weight excluding hydrogens is 524 g/mol. The van der Waals surface area contributed by atoms with Crippen molar-refractivity contribution in [2.75, 3.05) is 5.73 Å². The van der Waals surface area contributed by atoms with Crippen molar-refractivity contribution < 1.29 is 0 Å². The fraction of sp³-hybridized carbons (Fsp3) is 0.100. The lowest BCUT2D eigenvalue weighted by molar-refractivity contribution is 0.553. The van der Waals surface area contributed by atoms with Crippen molar-refractivity contribution in [2.45, 2.75) is 19.9 Å². The van der Waals surface area contributed by atoms with Gasteiger partial charge >= 0.3 is 0 Å². The Morgan fingerprint density at radius 2 is 1.80 bits per heavy atom. The molecule has 40 heavy (non-hydrogen) atoms. The summed E-state index contributed by atoms with van der Waals surface area (Å²) in [7, 11) is 0. The normalized spacial score (nSPS) is 12.5. The number of hydrogen-bond acceptors (Lipinski definition) is 6. The van der Waals surface area contributed by atoms with Crippen LogP contribution in [0.15, 0.2) is 83.9 Å². The van der Waals surface area contributed by atoms with Crippen molar-refractivity contribution in [3.63, 3.8) is 0 Å². The zero-order valence-electron chi connectivity index (χ0n) is 21.6. The highest BCUT2D eigenvalue weighted by Crippen LogP contribution is 2.35. The molecule has 3 aromatic carbocycles. The van der Waals surface area contributed by atoms with Crippen molar-refractivity contribution in [3.8, 4) is 16.9 Å². The number of fused-ring (bicyclic) bond motifs is 3. The number of nitrogens with one attached hydrogen (secondary N) is 1. The summed E-state index contributed by atoms with van der Waals surface area (Å²) >= 11 is 6.51. The average Bonchev–Trinajstić information content (AvgIpc) is 3.54. The molecule has 0 fully saturated rings. The van der Waals surface area contributed by atoms with Gasteiger partial charge < -0.3 is 5.73 Å². The van der Waals surface area contributed by atoms with Gasteiger partial charge in [-0.2, -0.15) is 10.2 Å². The van der Waals surface area contributed by atoms with Crippen LogP contribution >= 0.6 is 11.6 Å². The van der Waals surface area contributed by atoms with Gasteiger partial charge in [-0.3, -0.25) is 14.5 Å². The maximum Gasteiger partial charge on any atom is 0.264 e. The van der Waals surface area contributed by atoms with Crippen LogP contribution in [0.3, 0.4) is 0 Å². The van der Waals surface area contributed by atoms with E-state index in [0.717, 1.165) is 38.9 Å². The van der Waals surface area contributed by atoms with E-state index < -0.39 is 6.04 Å². The number of nitrogens with two attached hydrogens (primary N) is 1. The van der Waals surface area contributed by atoms with Crippen LogP contribution in [-0.4, -0.2) is 34.5 Å². The summed E-state index contributed by atoms with van der Waals surface area (Å²) in [6.07, 6.45) is 1.43. The molecule has 0 aliphatic rings. The fourth-order valence-electron chi connectivity index (χ4n) is 5.39. The first-order valence-electron chi connectivity index (χ1n) is 12.8. The van der Waals surface area contributed by atoms with E-state index >= 15 is 0 Å². The number of aromatic nitrogens is 7. The van der Waals surface area contributed by atoms with Gasteiger partial charge in [0.2, 0.25) is 0 Å². The summed E-state index contributed by atoms with van der Waals surface area (Å²) < 4.78 is 3.49. The molecule has 0 saturated carbocycles. The average molecular weight is 547 g/mol. The summed E-state index contributed by atoms with van der Waals surface area (Å²) in [4.78, 5) is 22.8. The molecule has 4 heterocycles. The molecule has 7 rings (SSSR count). The largest absolute Gasteiger partial charge is 0.383 e. The minimum atomic E-state index is -0.417. The Morgan fingerprint density at radius 3 is 2.62 bits per heavy atom. The smallest absolute Gasteiger partial charge is 0.264 e. The molecule has 0 saturated heterocycles. The van der Waals surface area contributed by atoms with Crippen LogP contribution < -0.4 is 11.3 Å². The number of hydrogen-bond donors (Lipinski definition) is 2. The lowest BCUT2D eigenvalue weighted by Crippen LogP contribution is -2.26. The molecule has 0 unspecified atom stereocenters. The van der Waals surface area contributed by atoms with Gasteiger partial charge in [0.1, 0.15) is 17.8 Å². The Bertz CT molecular complexity index is 2150. The Morgan fingerprint density at radius 1 is 0.975 bits per heavy atom. The maximum atomic E-state index is 14.0. The predicted molar refractivity (Wildman–Crippen MR) is 158 cm³/mol. The Balaban J connectivity index is 1.50. The third kappa shape index (κ3) is 3.59. The number of aryl methyl sites for hydroxylation is 1. The number of H-pyrrole nitrogens is 1. The molecule has 1 atom stereocenters. The van der Waals surface area contributed by atoms with Crippen molar-refractivity contribution in [1.82, 2.24) is 34.5 Å². The molecule has 9 nitrogen and oxygen atoms in total. The highest BCUT2D eigenvalue weighted by molar-refractivity contribution is 6.35. The monoisotopic (exact) mass is 546 g/mol. The molecule has 7 aromatic rings. The van der Waals surface area contributed by atoms with Gasteiger partial charge in [-0.1, -0.05) is 54.1 Å². The summed E-state index contributed by atoms with van der Waals surface area (Å²) in [5, 5.41) is 15.7. The number of pyridine rings is 1. The quantitative estimate of drug-likeness (QED) is 0.287. The van der Waals surface area contributed by atoms with Gasteiger partial charge in [0.25, 0.3) is 5.56 Å². The zero-order valence-corrected chi connectivity index (χ0v) is 22.4. The highest BCUT2D eigenvalue weighted by Gasteiger charge is 2.25. The minimum absolute atomic E-state index is 0.206. The van der Waals surface area contributed by atoms with Crippen molar-refractivity contribution in [1.29, 1.82) is 0 Å². The van der Waals surface area contributed by atoms with E-state index in [1.54, 1.807) is 15.3 Å². The van der Waals surface area contributed by atoms with Crippen LogP contribution in [-0.2, 0) is 0 Å². The van der Waals surface area contributed by atoms with E-state index in [9.17, 15) is 4.79 Å². The van der Waals surface area contributed by atoms with Crippen LogP contribution in [0.2, 0.25) is 5.02 Å². The number of benzene rings is 3. The summed E-state index contributed by atoms with van der Waals surface area (Å²) in [6, 6.07) is 22.5. The topological polar surface area (TPSA) is 120 Å². The number of rotatable bonds is 4. The summed E-state index contributed by atoms with van der Waals surface area (Å²) in [5.41, 5.74) is 11.5. The first-order valence-corrected chi connectivity index (χ1v) is 13.1. The molecule has 10 heteroatoms. The van der Waals surface area contributed by atoms with E-state index in [2.05, 4.69) is 20.2 Å². The molecule has 0 bridgehead atoms. The van der Waals surface area contributed by atoms with E-state index in [4.69, 9.17) is 22.4 Å². The molecule has 0 amide bonds. The second kappa shape index (κ2) is 9.03. The zero-order chi connectivity index (χ0) is 27.5. The highest BCUT2D eigenvalue weighted by atomic mass is 35.5. The molecule has 0 aliphatic carbocycles. The summed E-state index contributed by atoms with van der Waals surface area (Å²) in [5.74, 6) is 0.324. The molecule has 0 aliphatic heterocycles. The van der Waals surface area contributed by atoms with E-state index in [1.807, 2.05) is 80.6 Å². The van der Waals surface area contributed by atoms with Crippen molar-refractivity contribution in [3.05, 3.63) is 106 Å². The first-order chi connectivity index (χ1) is 19.4. The molecule has 3 N–H and O–H groups in total. The third-order valence-corrected chi connectivity index (χ3v) is 7.69. The van der Waals surface area contributed by atoms with Gasteiger partial charge in [-0.05, 0) is 49.6 Å². The standard InChI is InChI=1S/C30H23ClN8O/c1-16-21-12-11-19(13-23(21)36-35-16)27-26-28(32)33-15-34-29(26)39(37-27)17(2)24-14-18-7-6-10-22(31)25(18)30(40)38(24)20-8-4-3-5-9-20/h3-15,17H,1-2H3,(H,35,36)(H2,32,33,34)/t17-/m0/s1. The number of nitrogen functional groups attached to an aromatic ring is 1. The van der Waals surface area contributed by atoms with Gasteiger partial charge in [0.05, 0.1) is 38.7 Å². The van der Waals surface area contributed by atoms with Crippen LogP contribution in [0.1, 0.15) is 24.4 Å². The molecule has 0 spiro atoms. The molecule has 4 aromatic heterocycles. The molecule has 0 radical (unpaired) electrons. The van der Waals surface area contributed by atoms with Crippen molar-refractivity contribution >= 4 is 50.1 Å². The van der Waals surface area contributed by atoms with E-state index in [-0.39, 0.29) is 5.56 Å². The maximum absolute atomic E-state index is 14.0. The number of aromatic amines is 1. The Kier molecular flexibility index (Phi) is 5.43. The SMILES string of the molecule is Cc1n[nH]c2cc(-c3nn([C@@H](C)c4cc5cccc(Cl)c5c(=O)n4-c4ccccc4)c4ncnc(N)c34)ccc12. The Hall–Kier alpha value is -5.02. The van der Waals surface area contributed by atoms with Crippen LogP contribution in [0.4, 0.5) is 5.82 Å². The fourth-order valence-corrected chi connectivity index (χ4v) is 5.65. The van der Waals surface area contributed by atoms with Crippen LogP contribution in [0, 0.1) is 6.92 Å². The first kappa shape index (κ1) is 24.1. The van der Waals surface area contributed by atoms with Crippen molar-refractivity contribution in [2.24, 2.45) is 0 Å². The summed E-state index contributed by atoms with van der Waals surface area (Å²) in [6.45, 7) is 3.94. The van der Waals surface area contributed by atoms with Gasteiger partial charge in [0.15, 0.2) is 5.65 Å². The van der Waals surface area contributed by atoms with Gasteiger partial charge in [-0.25, -0.2) is 14.6 Å². The number of para-hydroxylation sites is 1. The predicted octanol–water partition coefficient (Wildman–Crippen LogP) is 5.83. The lowest BCUT2D eigenvalue weighted by atomic mass is 10.1. The number of anilines is 1. The second-order valence-corrected chi connectivity index (χ2v) is 10.2. The lowest BCUT2D eigenvalue weighted by Gasteiger charge is -2.21. The molecular formula is C30H23ClN8O. The third-order valence-electron chi connectivity index (χ3n) is 7.38. The Labute approximate surface area is 232 Å². The number of halogens is 1. The molecule has 196 valence electrons. The van der Waals surface area contributed by atoms with Gasteiger partial charge in [-0.15, -0.1) is 0 Å². The van der Waals surface area contributed by atoms with E-state index in [0.29, 0.717) is 33.0 Å². The van der Waals surface area contributed by atoms with E-state index in [1.165, 1.54) is 6.33 Å². The number of nitrogens with zero attached hydrogens (tertiary/aromatic N) is 6. The van der Waals surface area contributed by atoms with Crippen LogP contribution in [0.5, 0.6) is 0 Å². The van der Waals surface area contributed by atoms with Gasteiger partial charge in [0, 0.05) is 16.6 Å². The minimum Gasteiger partial charge on any atom is -0.383 e. The van der Waals surface area contributed by atoms with Crippen LogP contribution in [0.25, 0.3) is 49.7 Å².